The third-order valence-corrected chi connectivity index (χ3v) is 41.9. The predicted molar refractivity (Wildman–Crippen MR) is 107 cm³/mol. The minimum absolute atomic E-state index is 0.0694. The van der Waals surface area contributed by atoms with Crippen LogP contribution in [0.25, 0.3) is 0 Å². The zero-order chi connectivity index (χ0) is 15.9. The number of hydrogen-bond acceptors (Lipinski definition) is 0. The Kier molecular flexibility index (Phi) is 6.95. The number of rotatable bonds is 6. The van der Waals surface area contributed by atoms with E-state index in [4.69, 9.17) is 0 Å². The first kappa shape index (κ1) is 20.6. The van der Waals surface area contributed by atoms with Crippen molar-refractivity contribution in [1.29, 1.82) is 0 Å². The van der Waals surface area contributed by atoms with E-state index in [2.05, 4.69) is 78.6 Å². The smallest absolute Gasteiger partial charge is 0.143 e. The van der Waals surface area contributed by atoms with Crippen LogP contribution in [0.5, 0.6) is 0 Å². The molecule has 0 fully saturated rings. The Balaban J connectivity index is 5.43. The lowest BCUT2D eigenvalue weighted by Crippen LogP contribution is -2.55. The topological polar surface area (TPSA) is 0 Å². The molecule has 0 nitrogen and oxygen atoms in total. The molecule has 0 aliphatic rings. The van der Waals surface area contributed by atoms with Gasteiger partial charge in [0.1, 0.15) is 0 Å². The van der Waals surface area contributed by atoms with Gasteiger partial charge in [-0.25, -0.2) is 0 Å². The largest absolute Gasteiger partial charge is 0.359 e. The number of hydrogen-bond donors (Lipinski definition) is 0. The second-order valence-electron chi connectivity index (χ2n) is 10.8. The quantitative estimate of drug-likeness (QED) is 0.537. The maximum absolute atomic E-state index is 2.65. The van der Waals surface area contributed by atoms with Crippen molar-refractivity contribution >= 4 is 52.7 Å². The molecule has 0 aromatic rings. The van der Waals surface area contributed by atoms with E-state index >= 15 is 0 Å². The van der Waals surface area contributed by atoms with Crippen LogP contribution in [0.3, 0.4) is 0 Å². The van der Waals surface area contributed by atoms with Gasteiger partial charge >= 0.3 is 20.4 Å². The van der Waals surface area contributed by atoms with Crippen LogP contribution in [0.2, 0.25) is 85.2 Å². The molecule has 0 amide bonds. The predicted octanol–water partition coefficient (Wildman–Crippen LogP) is 5.78. The molecule has 19 heavy (non-hydrogen) atoms. The van der Waals surface area contributed by atoms with Gasteiger partial charge in [-0.15, -0.1) is 6.59 Å². The highest BCUT2D eigenvalue weighted by atomic mass is 28.4. The van der Waals surface area contributed by atoms with E-state index in [9.17, 15) is 0 Å². The van der Waals surface area contributed by atoms with Gasteiger partial charge < -0.3 is 0 Å². The summed E-state index contributed by atoms with van der Waals surface area (Å²) >= 11 is 0.0694. The highest BCUT2D eigenvalue weighted by Gasteiger charge is 2.45. The van der Waals surface area contributed by atoms with Crippen LogP contribution in [0.4, 0.5) is 0 Å². The molecule has 0 bridgehead atoms. The van der Waals surface area contributed by atoms with Crippen molar-refractivity contribution < 1.29 is 0 Å². The van der Waals surface area contributed by atoms with Gasteiger partial charge in [0.05, 0.1) is 0 Å². The van der Waals surface area contributed by atoms with Crippen LogP contribution < -0.4 is 0 Å². The van der Waals surface area contributed by atoms with Crippen molar-refractivity contribution in [2.45, 2.75) is 85.2 Å². The summed E-state index contributed by atoms with van der Waals surface area (Å²) in [7, 11) is -3.90. The third-order valence-electron chi connectivity index (χ3n) is 4.65. The summed E-state index contributed by atoms with van der Waals surface area (Å²) < 4.78 is 2.45. The van der Waals surface area contributed by atoms with Gasteiger partial charge in [0, 0.05) is 32.3 Å². The van der Waals surface area contributed by atoms with Crippen molar-refractivity contribution in [3.05, 3.63) is 0 Å². The van der Waals surface area contributed by atoms with Crippen LogP contribution in [-0.2, 0) is 0 Å². The van der Waals surface area contributed by atoms with Crippen molar-refractivity contribution in [3.63, 3.8) is 0 Å². The van der Waals surface area contributed by atoms with Gasteiger partial charge in [-0.2, -0.15) is 0 Å². The molecular weight excluding hydrogens is 305 g/mol. The van der Waals surface area contributed by atoms with E-state index in [-0.39, 0.29) is 20.4 Å². The third kappa shape index (κ3) is 6.95. The molecule has 5 heteroatoms. The van der Waals surface area contributed by atoms with Crippen LogP contribution in [-0.4, -0.2) is 52.7 Å². The van der Waals surface area contributed by atoms with E-state index in [1.54, 1.807) is 0 Å². The minimum Gasteiger partial charge on any atom is -0.143 e. The molecular formula is C14H38MgSi4. The van der Waals surface area contributed by atoms with Crippen LogP contribution >= 0.6 is 0 Å². The standard InChI is InChI=1S/2C7H19Si2.Mg/c2*1-8(2,3)7-9(4,5)6;/h2*7H,1-6H3;. The first-order valence-electron chi connectivity index (χ1n) is 7.97. The van der Waals surface area contributed by atoms with Gasteiger partial charge in [-0.3, -0.25) is 0 Å². The Morgan fingerprint density at radius 2 is 0.579 bits per heavy atom. The molecule has 0 heterocycles. The molecule has 0 aromatic carbocycles. The molecule has 0 unspecified atom stereocenters. The lowest BCUT2D eigenvalue weighted by Gasteiger charge is -2.47. The lowest BCUT2D eigenvalue weighted by molar-refractivity contribution is 1.34. The Morgan fingerprint density at radius 3 is 0.684 bits per heavy atom. The Morgan fingerprint density at radius 1 is 0.421 bits per heavy atom. The lowest BCUT2D eigenvalue weighted by atomic mass is 11.6. The Labute approximate surface area is 137 Å². The summed E-state index contributed by atoms with van der Waals surface area (Å²) in [6.07, 6.45) is 0. The SMILES string of the molecule is C[Si](C)(C)[CH]([Mg][CH]([Si](C)(C)C)[Si](C)(C)C)[Si](C)(C)C. The second-order valence-corrected chi connectivity index (χ2v) is 39.0. The van der Waals surface area contributed by atoms with Crippen molar-refractivity contribution in [2.75, 3.05) is 0 Å². The van der Waals surface area contributed by atoms with Crippen LogP contribution in [0, 0.1) is 0 Å². The van der Waals surface area contributed by atoms with E-state index in [0.717, 1.165) is 0 Å². The summed E-state index contributed by atoms with van der Waals surface area (Å²) in [6.45, 7) is 31.8. The van der Waals surface area contributed by atoms with Crippen LogP contribution in [0.15, 0.2) is 0 Å². The van der Waals surface area contributed by atoms with Crippen molar-refractivity contribution in [2.24, 2.45) is 0 Å². The van der Waals surface area contributed by atoms with Gasteiger partial charge in [0.25, 0.3) is 0 Å². The van der Waals surface area contributed by atoms with Crippen molar-refractivity contribution in [1.82, 2.24) is 0 Å². The zero-order valence-corrected chi connectivity index (χ0v) is 21.3. The summed E-state index contributed by atoms with van der Waals surface area (Å²) in [5.41, 5.74) is 0. The summed E-state index contributed by atoms with van der Waals surface area (Å²) in [5.74, 6) is 0. The highest BCUT2D eigenvalue weighted by Crippen LogP contribution is 2.40. The van der Waals surface area contributed by atoms with Crippen molar-refractivity contribution in [3.8, 4) is 0 Å². The first-order valence-corrected chi connectivity index (χ1v) is 23.9. The minimum atomic E-state index is -0.975. The van der Waals surface area contributed by atoms with E-state index in [0.29, 0.717) is 0 Å². The first-order chi connectivity index (χ1) is 7.97. The van der Waals surface area contributed by atoms with E-state index in [1.807, 2.05) is 0 Å². The second kappa shape index (κ2) is 6.40. The highest BCUT2D eigenvalue weighted by molar-refractivity contribution is 7.12. The molecule has 0 aliphatic heterocycles. The molecule has 0 aliphatic carbocycles. The molecule has 0 saturated carbocycles. The molecule has 0 spiro atoms. The van der Waals surface area contributed by atoms with Gasteiger partial charge in [0.15, 0.2) is 0 Å². The fourth-order valence-electron chi connectivity index (χ4n) is 4.25. The average molecular weight is 343 g/mol. The monoisotopic (exact) mass is 342 g/mol. The zero-order valence-electron chi connectivity index (χ0n) is 15.9. The maximum Gasteiger partial charge on any atom is 0.359 e. The van der Waals surface area contributed by atoms with Gasteiger partial charge in [-0.1, -0.05) is 78.6 Å². The molecule has 112 valence electrons. The Bertz CT molecular complexity index is 231. The average Bonchev–Trinajstić information content (AvgIpc) is 1.91. The maximum atomic E-state index is 2.65. The molecule has 0 radical (unpaired) electrons. The molecule has 0 rings (SSSR count). The summed E-state index contributed by atoms with van der Waals surface area (Å²) in [5, 5.41) is 0. The molecule has 0 N–H and O–H groups in total. The summed E-state index contributed by atoms with van der Waals surface area (Å²) in [4.78, 5) is 0. The molecule has 0 saturated heterocycles. The molecule has 0 aromatic heterocycles. The van der Waals surface area contributed by atoms with Gasteiger partial charge in [-0.05, 0) is 0 Å². The Hall–Kier alpha value is 1.63. The fraction of sp³-hybridized carbons (Fsp3) is 1.00. The van der Waals surface area contributed by atoms with Gasteiger partial charge in [0.2, 0.25) is 0 Å². The van der Waals surface area contributed by atoms with E-state index < -0.39 is 32.3 Å². The van der Waals surface area contributed by atoms with Crippen LogP contribution in [0.1, 0.15) is 0 Å². The summed E-state index contributed by atoms with van der Waals surface area (Å²) in [6, 6.07) is 0. The normalized spacial score (nSPS) is 15.1. The molecule has 0 atom stereocenters. The van der Waals surface area contributed by atoms with E-state index in [1.165, 1.54) is 6.59 Å². The fourth-order valence-corrected chi connectivity index (χ4v) is 42.5.